The van der Waals surface area contributed by atoms with Crippen LogP contribution in [0.5, 0.6) is 5.88 Å². The molecule has 3 aromatic heterocycles. The maximum Gasteiger partial charge on any atom is 0.213 e. The van der Waals surface area contributed by atoms with E-state index in [-0.39, 0.29) is 0 Å². The van der Waals surface area contributed by atoms with E-state index in [0.29, 0.717) is 30.2 Å². The third kappa shape index (κ3) is 4.27. The van der Waals surface area contributed by atoms with Gasteiger partial charge in [0.2, 0.25) is 5.88 Å². The van der Waals surface area contributed by atoms with Gasteiger partial charge in [0, 0.05) is 37.5 Å². The Balaban J connectivity index is 1.40. The number of morpholine rings is 1. The Labute approximate surface area is 187 Å². The van der Waals surface area contributed by atoms with Gasteiger partial charge in [0.05, 0.1) is 30.3 Å². The van der Waals surface area contributed by atoms with Crippen LogP contribution in [0.15, 0.2) is 18.3 Å². The minimum Gasteiger partial charge on any atom is -0.476 e. The molecule has 1 saturated carbocycles. The minimum absolute atomic E-state index is 0.386. The third-order valence-corrected chi connectivity index (χ3v) is 6.41. The molecule has 0 amide bonds. The molecule has 4 heterocycles. The van der Waals surface area contributed by atoms with E-state index in [4.69, 9.17) is 25.3 Å². The minimum atomic E-state index is 0.386. The van der Waals surface area contributed by atoms with Crippen molar-refractivity contribution in [2.24, 2.45) is 0 Å². The molecule has 9 nitrogen and oxygen atoms in total. The number of nitrogens with two attached hydrogens (primary N) is 1. The van der Waals surface area contributed by atoms with Crippen LogP contribution < -0.4 is 10.5 Å². The van der Waals surface area contributed by atoms with Gasteiger partial charge in [0.1, 0.15) is 12.4 Å². The van der Waals surface area contributed by atoms with Gasteiger partial charge >= 0.3 is 0 Å². The highest BCUT2D eigenvalue weighted by atomic mass is 16.5. The van der Waals surface area contributed by atoms with Crippen molar-refractivity contribution in [2.45, 2.75) is 45.1 Å². The topological polar surface area (TPSA) is 104 Å². The van der Waals surface area contributed by atoms with Crippen molar-refractivity contribution < 1.29 is 9.47 Å². The van der Waals surface area contributed by atoms with Gasteiger partial charge in [-0.05, 0) is 25.3 Å². The first-order chi connectivity index (χ1) is 15.7. The molecule has 0 atom stereocenters. The quantitative estimate of drug-likeness (QED) is 0.602. The molecule has 0 unspecified atom stereocenters. The number of rotatable bonds is 7. The van der Waals surface area contributed by atoms with Crippen molar-refractivity contribution in [2.75, 3.05) is 45.2 Å². The molecule has 0 aromatic carbocycles. The fraction of sp³-hybridized carbons (Fsp3) is 0.565. The highest BCUT2D eigenvalue weighted by Crippen LogP contribution is 2.34. The van der Waals surface area contributed by atoms with Crippen molar-refractivity contribution in [3.05, 3.63) is 24.0 Å². The van der Waals surface area contributed by atoms with Crippen LogP contribution in [0.4, 0.5) is 5.82 Å². The molecule has 0 spiro atoms. The van der Waals surface area contributed by atoms with Gasteiger partial charge in [-0.15, -0.1) is 0 Å². The van der Waals surface area contributed by atoms with Crippen molar-refractivity contribution in [1.82, 2.24) is 29.6 Å². The fourth-order valence-corrected chi connectivity index (χ4v) is 4.65. The summed E-state index contributed by atoms with van der Waals surface area (Å²) in [5.41, 5.74) is 9.06. The number of pyridine rings is 1. The van der Waals surface area contributed by atoms with Gasteiger partial charge in [-0.2, -0.15) is 5.10 Å². The lowest BCUT2D eigenvalue weighted by atomic mass is 10.2. The molecule has 170 valence electrons. The molecular formula is C23H31N7O2. The molecule has 0 radical (unpaired) electrons. The summed E-state index contributed by atoms with van der Waals surface area (Å²) in [5, 5.41) is 5.76. The van der Waals surface area contributed by atoms with Crippen LogP contribution in [-0.2, 0) is 11.2 Å². The number of nitrogen functional groups attached to an aromatic ring is 1. The average molecular weight is 438 g/mol. The zero-order valence-electron chi connectivity index (χ0n) is 18.7. The maximum atomic E-state index is 6.42. The second-order valence-corrected chi connectivity index (χ2v) is 8.50. The SMILES string of the molecule is CCc1nn(C2CCCC2)c2nc(-c3ccnc(OCCN4CCOCC4)c3)nc(N)c12. The number of ether oxygens (including phenoxy) is 2. The van der Waals surface area contributed by atoms with Crippen LogP contribution >= 0.6 is 0 Å². The summed E-state index contributed by atoms with van der Waals surface area (Å²) >= 11 is 0. The normalized spacial score (nSPS) is 17.9. The summed E-state index contributed by atoms with van der Waals surface area (Å²) in [7, 11) is 0. The first-order valence-electron chi connectivity index (χ1n) is 11.7. The average Bonchev–Trinajstić information content (AvgIpc) is 3.48. The highest BCUT2D eigenvalue weighted by Gasteiger charge is 2.24. The van der Waals surface area contributed by atoms with E-state index in [2.05, 4.69) is 26.5 Å². The monoisotopic (exact) mass is 437 g/mol. The van der Waals surface area contributed by atoms with Gasteiger partial charge in [-0.25, -0.2) is 19.6 Å². The lowest BCUT2D eigenvalue weighted by Gasteiger charge is -2.26. The fourth-order valence-electron chi connectivity index (χ4n) is 4.65. The number of aryl methyl sites for hydroxylation is 1. The maximum absolute atomic E-state index is 6.42. The molecule has 5 rings (SSSR count). The van der Waals surface area contributed by atoms with E-state index in [1.54, 1.807) is 6.20 Å². The Morgan fingerprint density at radius 1 is 1.19 bits per heavy atom. The van der Waals surface area contributed by atoms with Crippen LogP contribution in [0.25, 0.3) is 22.4 Å². The lowest BCUT2D eigenvalue weighted by Crippen LogP contribution is -2.38. The summed E-state index contributed by atoms with van der Waals surface area (Å²) in [6.07, 6.45) is 7.27. The first kappa shape index (κ1) is 21.1. The molecule has 1 aliphatic heterocycles. The van der Waals surface area contributed by atoms with Crippen LogP contribution in [0.2, 0.25) is 0 Å². The van der Waals surface area contributed by atoms with Crippen LogP contribution in [0.3, 0.4) is 0 Å². The molecule has 2 aliphatic rings. The lowest BCUT2D eigenvalue weighted by molar-refractivity contribution is 0.0320. The predicted molar refractivity (Wildman–Crippen MR) is 123 cm³/mol. The van der Waals surface area contributed by atoms with Crippen LogP contribution in [-0.4, -0.2) is 69.1 Å². The third-order valence-electron chi connectivity index (χ3n) is 6.41. The van der Waals surface area contributed by atoms with Gasteiger partial charge in [-0.3, -0.25) is 4.90 Å². The summed E-state index contributed by atoms with van der Waals surface area (Å²) in [6, 6.07) is 4.17. The van der Waals surface area contributed by atoms with Gasteiger partial charge in [0.25, 0.3) is 0 Å². The number of anilines is 1. The number of nitrogens with zero attached hydrogens (tertiary/aromatic N) is 6. The van der Waals surface area contributed by atoms with E-state index in [0.717, 1.165) is 74.4 Å². The second-order valence-electron chi connectivity index (χ2n) is 8.50. The smallest absolute Gasteiger partial charge is 0.213 e. The van der Waals surface area contributed by atoms with Crippen LogP contribution in [0.1, 0.15) is 44.3 Å². The van der Waals surface area contributed by atoms with Gasteiger partial charge in [-0.1, -0.05) is 19.8 Å². The molecule has 1 saturated heterocycles. The number of hydrogen-bond donors (Lipinski definition) is 1. The second kappa shape index (κ2) is 9.38. The van der Waals surface area contributed by atoms with Crippen LogP contribution in [0, 0.1) is 0 Å². The summed E-state index contributed by atoms with van der Waals surface area (Å²) in [6.45, 7) is 6.98. The Hall–Kier alpha value is -2.78. The molecule has 2 N–H and O–H groups in total. The Bertz CT molecular complexity index is 1070. The van der Waals surface area contributed by atoms with Crippen molar-refractivity contribution in [1.29, 1.82) is 0 Å². The van der Waals surface area contributed by atoms with Gasteiger partial charge in [0.15, 0.2) is 11.5 Å². The van der Waals surface area contributed by atoms with Crippen molar-refractivity contribution in [3.63, 3.8) is 0 Å². The molecule has 9 heteroatoms. The Morgan fingerprint density at radius 2 is 2.00 bits per heavy atom. The zero-order valence-corrected chi connectivity index (χ0v) is 18.7. The number of fused-ring (bicyclic) bond motifs is 1. The summed E-state index contributed by atoms with van der Waals surface area (Å²) in [5.74, 6) is 1.63. The molecule has 2 fully saturated rings. The summed E-state index contributed by atoms with van der Waals surface area (Å²) in [4.78, 5) is 16.2. The molecule has 32 heavy (non-hydrogen) atoms. The molecule has 3 aromatic rings. The first-order valence-corrected chi connectivity index (χ1v) is 11.7. The zero-order chi connectivity index (χ0) is 21.9. The van der Waals surface area contributed by atoms with E-state index < -0.39 is 0 Å². The largest absolute Gasteiger partial charge is 0.476 e. The number of aromatic nitrogens is 5. The highest BCUT2D eigenvalue weighted by molar-refractivity contribution is 5.90. The Morgan fingerprint density at radius 3 is 2.78 bits per heavy atom. The van der Waals surface area contributed by atoms with E-state index in [1.807, 2.05) is 12.1 Å². The predicted octanol–water partition coefficient (Wildman–Crippen LogP) is 2.86. The molecule has 0 bridgehead atoms. The van der Waals surface area contributed by atoms with Crippen molar-refractivity contribution in [3.8, 4) is 17.3 Å². The number of hydrogen-bond acceptors (Lipinski definition) is 8. The van der Waals surface area contributed by atoms with Gasteiger partial charge < -0.3 is 15.2 Å². The summed E-state index contributed by atoms with van der Waals surface area (Å²) < 4.78 is 13.4. The molecule has 1 aliphatic carbocycles. The van der Waals surface area contributed by atoms with Crippen molar-refractivity contribution >= 4 is 16.9 Å². The van der Waals surface area contributed by atoms with E-state index in [1.165, 1.54) is 12.8 Å². The standard InChI is InChI=1S/C23H31N7O2/c1-2-18-20-21(24)26-22(27-23(20)30(28-18)17-5-3-4-6-17)16-7-8-25-19(15-16)32-14-11-29-9-12-31-13-10-29/h7-8,15,17H,2-6,9-14H2,1H3,(H2,24,26,27). The Kier molecular flexibility index (Phi) is 6.18. The van der Waals surface area contributed by atoms with E-state index in [9.17, 15) is 0 Å². The molecular weight excluding hydrogens is 406 g/mol. The van der Waals surface area contributed by atoms with E-state index >= 15 is 0 Å².